The molecule has 1 saturated heterocycles. The number of hydrogen-bond acceptors (Lipinski definition) is 3. The van der Waals surface area contributed by atoms with E-state index < -0.39 is 0 Å². The minimum absolute atomic E-state index is 0.0719. The highest BCUT2D eigenvalue weighted by molar-refractivity contribution is 5.92. The van der Waals surface area contributed by atoms with Crippen molar-refractivity contribution >= 4 is 11.6 Å². The molecule has 2 N–H and O–H groups in total. The number of rotatable bonds is 5. The van der Waals surface area contributed by atoms with Crippen LogP contribution >= 0.6 is 0 Å². The summed E-state index contributed by atoms with van der Waals surface area (Å²) in [7, 11) is 1.98. The summed E-state index contributed by atoms with van der Waals surface area (Å²) < 4.78 is 0. The zero-order chi connectivity index (χ0) is 14.5. The lowest BCUT2D eigenvalue weighted by Gasteiger charge is -2.16. The average Bonchev–Trinajstić information content (AvgIpc) is 2.86. The number of nitrogens with zero attached hydrogens (tertiary/aromatic N) is 1. The Morgan fingerprint density at radius 3 is 2.90 bits per heavy atom. The molecule has 4 heteroatoms. The number of benzene rings is 1. The molecule has 1 aromatic rings. The van der Waals surface area contributed by atoms with Crippen LogP contribution in [0.2, 0.25) is 0 Å². The van der Waals surface area contributed by atoms with Gasteiger partial charge in [0.05, 0.1) is 6.54 Å². The second-order valence-electron chi connectivity index (χ2n) is 5.84. The molecule has 1 atom stereocenters. The van der Waals surface area contributed by atoms with Crippen molar-refractivity contribution in [2.24, 2.45) is 0 Å². The second kappa shape index (κ2) is 6.86. The predicted molar refractivity (Wildman–Crippen MR) is 83.1 cm³/mol. The van der Waals surface area contributed by atoms with Gasteiger partial charge in [-0.25, -0.2) is 0 Å². The van der Waals surface area contributed by atoms with Gasteiger partial charge in [0.25, 0.3) is 0 Å². The van der Waals surface area contributed by atoms with Crippen LogP contribution in [0.1, 0.15) is 31.7 Å². The van der Waals surface area contributed by atoms with Crippen LogP contribution in [0.5, 0.6) is 0 Å². The molecule has 0 bridgehead atoms. The normalized spacial score (nSPS) is 19.5. The second-order valence-corrected chi connectivity index (χ2v) is 5.84. The van der Waals surface area contributed by atoms with Crippen LogP contribution in [0.4, 0.5) is 5.69 Å². The molecule has 2 rings (SSSR count). The zero-order valence-corrected chi connectivity index (χ0v) is 12.6. The van der Waals surface area contributed by atoms with Gasteiger partial charge < -0.3 is 10.6 Å². The molecule has 0 spiro atoms. The summed E-state index contributed by atoms with van der Waals surface area (Å²) in [6.07, 6.45) is 1.12. The lowest BCUT2D eigenvalue weighted by atomic mass is 10.0. The smallest absolute Gasteiger partial charge is 0.238 e. The van der Waals surface area contributed by atoms with Gasteiger partial charge >= 0.3 is 0 Å². The summed E-state index contributed by atoms with van der Waals surface area (Å²) >= 11 is 0. The van der Waals surface area contributed by atoms with Crippen molar-refractivity contribution in [3.8, 4) is 0 Å². The molecule has 20 heavy (non-hydrogen) atoms. The largest absolute Gasteiger partial charge is 0.325 e. The standard InChI is InChI=1S/C16H25N3O/c1-12(2)13-5-4-6-14(9-13)18-16(20)11-19-8-7-15(10-19)17-3/h4-6,9,12,15,17H,7-8,10-11H2,1-3H3,(H,18,20). The first-order chi connectivity index (χ1) is 9.58. The predicted octanol–water partition coefficient (Wildman–Crippen LogP) is 2.04. The highest BCUT2D eigenvalue weighted by atomic mass is 16.2. The third-order valence-electron chi connectivity index (χ3n) is 3.88. The molecule has 1 heterocycles. The van der Waals surface area contributed by atoms with E-state index in [1.165, 1.54) is 5.56 Å². The molecule has 0 aromatic heterocycles. The molecule has 1 fully saturated rings. The van der Waals surface area contributed by atoms with Crippen LogP contribution in [0.15, 0.2) is 24.3 Å². The van der Waals surface area contributed by atoms with E-state index in [0.717, 1.165) is 25.2 Å². The van der Waals surface area contributed by atoms with E-state index in [-0.39, 0.29) is 5.91 Å². The van der Waals surface area contributed by atoms with Crippen LogP contribution in [0, 0.1) is 0 Å². The lowest BCUT2D eigenvalue weighted by molar-refractivity contribution is -0.117. The Morgan fingerprint density at radius 1 is 1.45 bits per heavy atom. The van der Waals surface area contributed by atoms with E-state index in [4.69, 9.17) is 0 Å². The van der Waals surface area contributed by atoms with Crippen molar-refractivity contribution in [2.45, 2.75) is 32.2 Å². The molecular formula is C16H25N3O. The van der Waals surface area contributed by atoms with Gasteiger partial charge in [0, 0.05) is 24.8 Å². The van der Waals surface area contributed by atoms with E-state index in [2.05, 4.69) is 41.5 Å². The quantitative estimate of drug-likeness (QED) is 0.864. The maximum Gasteiger partial charge on any atom is 0.238 e. The zero-order valence-electron chi connectivity index (χ0n) is 12.6. The monoisotopic (exact) mass is 275 g/mol. The van der Waals surface area contributed by atoms with Gasteiger partial charge in [-0.15, -0.1) is 0 Å². The Bertz CT molecular complexity index is 459. The third kappa shape index (κ3) is 4.05. The van der Waals surface area contributed by atoms with Crippen molar-refractivity contribution in [1.82, 2.24) is 10.2 Å². The summed E-state index contributed by atoms with van der Waals surface area (Å²) in [6, 6.07) is 8.62. The number of hydrogen-bond donors (Lipinski definition) is 2. The number of nitrogens with one attached hydrogen (secondary N) is 2. The highest BCUT2D eigenvalue weighted by Gasteiger charge is 2.22. The van der Waals surface area contributed by atoms with E-state index in [1.807, 2.05) is 19.2 Å². The fourth-order valence-electron chi connectivity index (χ4n) is 2.59. The Labute approximate surface area is 121 Å². The highest BCUT2D eigenvalue weighted by Crippen LogP contribution is 2.18. The minimum atomic E-state index is 0.0719. The summed E-state index contributed by atoms with van der Waals surface area (Å²) in [4.78, 5) is 14.3. The molecule has 1 unspecified atom stereocenters. The molecule has 4 nitrogen and oxygen atoms in total. The molecule has 1 aliphatic heterocycles. The van der Waals surface area contributed by atoms with E-state index in [9.17, 15) is 4.79 Å². The summed E-state index contributed by atoms with van der Waals surface area (Å²) in [5.74, 6) is 0.546. The number of likely N-dealkylation sites (tertiary alicyclic amines) is 1. The Hall–Kier alpha value is -1.39. The van der Waals surface area contributed by atoms with Crippen molar-refractivity contribution in [3.05, 3.63) is 29.8 Å². The van der Waals surface area contributed by atoms with Gasteiger partial charge in [-0.3, -0.25) is 9.69 Å². The first-order valence-electron chi connectivity index (χ1n) is 7.38. The fourth-order valence-corrected chi connectivity index (χ4v) is 2.59. The minimum Gasteiger partial charge on any atom is -0.325 e. The van der Waals surface area contributed by atoms with Crippen molar-refractivity contribution in [2.75, 3.05) is 32.0 Å². The summed E-state index contributed by atoms with van der Waals surface area (Å²) in [6.45, 7) is 6.73. The summed E-state index contributed by atoms with van der Waals surface area (Å²) in [5, 5.41) is 6.26. The van der Waals surface area contributed by atoms with Crippen molar-refractivity contribution in [1.29, 1.82) is 0 Å². The van der Waals surface area contributed by atoms with Crippen molar-refractivity contribution < 1.29 is 4.79 Å². The molecule has 110 valence electrons. The molecule has 0 aliphatic carbocycles. The average molecular weight is 275 g/mol. The maximum absolute atomic E-state index is 12.1. The fraction of sp³-hybridized carbons (Fsp3) is 0.562. The van der Waals surface area contributed by atoms with E-state index in [1.54, 1.807) is 0 Å². The van der Waals surface area contributed by atoms with Crippen molar-refractivity contribution in [3.63, 3.8) is 0 Å². The molecule has 1 aromatic carbocycles. The van der Waals surface area contributed by atoms with Gasteiger partial charge in [-0.2, -0.15) is 0 Å². The Kier molecular flexibility index (Phi) is 5.15. The third-order valence-corrected chi connectivity index (χ3v) is 3.88. The van der Waals surface area contributed by atoms with Crippen LogP contribution in [-0.4, -0.2) is 43.5 Å². The lowest BCUT2D eigenvalue weighted by Crippen LogP contribution is -2.34. The van der Waals surface area contributed by atoms with Gasteiger partial charge in [0.2, 0.25) is 5.91 Å². The van der Waals surface area contributed by atoms with Crippen LogP contribution in [-0.2, 0) is 4.79 Å². The van der Waals surface area contributed by atoms with E-state index in [0.29, 0.717) is 18.5 Å². The number of anilines is 1. The first-order valence-corrected chi connectivity index (χ1v) is 7.38. The number of likely N-dealkylation sites (N-methyl/N-ethyl adjacent to an activating group) is 1. The van der Waals surface area contributed by atoms with Gasteiger partial charge in [-0.05, 0) is 37.1 Å². The SMILES string of the molecule is CNC1CCN(CC(=O)Nc2cccc(C(C)C)c2)C1. The maximum atomic E-state index is 12.1. The first kappa shape index (κ1) is 15.0. The van der Waals surface area contributed by atoms with Gasteiger partial charge in [0.15, 0.2) is 0 Å². The Balaban J connectivity index is 1.87. The molecular weight excluding hydrogens is 250 g/mol. The molecule has 1 aliphatic rings. The number of carbonyl (C=O) groups is 1. The summed E-state index contributed by atoms with van der Waals surface area (Å²) in [5.41, 5.74) is 2.14. The topological polar surface area (TPSA) is 44.4 Å². The van der Waals surface area contributed by atoms with Crippen LogP contribution in [0.25, 0.3) is 0 Å². The van der Waals surface area contributed by atoms with Crippen LogP contribution in [0.3, 0.4) is 0 Å². The Morgan fingerprint density at radius 2 is 2.25 bits per heavy atom. The van der Waals surface area contributed by atoms with E-state index >= 15 is 0 Å². The molecule has 1 amide bonds. The molecule has 0 radical (unpaired) electrons. The van der Waals surface area contributed by atoms with Crippen LogP contribution < -0.4 is 10.6 Å². The van der Waals surface area contributed by atoms with Gasteiger partial charge in [-0.1, -0.05) is 26.0 Å². The number of amides is 1. The number of carbonyl (C=O) groups excluding carboxylic acids is 1. The molecule has 0 saturated carbocycles. The van der Waals surface area contributed by atoms with Gasteiger partial charge in [0.1, 0.15) is 0 Å².